The summed E-state index contributed by atoms with van der Waals surface area (Å²) < 4.78 is 36.4. The van der Waals surface area contributed by atoms with Crippen molar-refractivity contribution in [1.29, 1.82) is 0 Å². The van der Waals surface area contributed by atoms with Gasteiger partial charge in [-0.3, -0.25) is 14.4 Å². The first kappa shape index (κ1) is 39.2. The zero-order valence-electron chi connectivity index (χ0n) is 30.2. The van der Waals surface area contributed by atoms with Crippen molar-refractivity contribution in [2.75, 3.05) is 46.7 Å². The largest absolute Gasteiger partial charge is 0.504 e. The molecule has 0 aliphatic carbocycles. The Bertz CT molecular complexity index is 1420. The molecule has 0 spiro atoms. The Balaban J connectivity index is 0.000000234. The Morgan fingerprint density at radius 3 is 1.41 bits per heavy atom. The van der Waals surface area contributed by atoms with Gasteiger partial charge in [0.2, 0.25) is 0 Å². The molecule has 2 aromatic rings. The van der Waals surface area contributed by atoms with Crippen molar-refractivity contribution in [2.45, 2.75) is 90.5 Å². The molecule has 0 bridgehead atoms. The van der Waals surface area contributed by atoms with Crippen LogP contribution < -0.4 is 9.47 Å². The molecule has 0 amide bonds. The zero-order chi connectivity index (χ0) is 36.2. The predicted octanol–water partition coefficient (Wildman–Crippen LogP) is 5.20. The van der Waals surface area contributed by atoms with E-state index in [1.807, 2.05) is 24.3 Å². The van der Waals surface area contributed by atoms with Gasteiger partial charge in [-0.25, -0.2) is 0 Å². The molecular weight excluding hydrogens is 648 g/mol. The van der Waals surface area contributed by atoms with Gasteiger partial charge in [-0.05, 0) is 109 Å². The highest BCUT2D eigenvalue weighted by Crippen LogP contribution is 2.45. The maximum atomic E-state index is 10.6. The number of methoxy groups -OCH3 is 2. The number of phenolic OH excluding ortho intramolecular Hbond substituents is 2. The fraction of sp³-hybridized carbons (Fsp3) is 0.676. The Kier molecular flexibility index (Phi) is 13.3. The third kappa shape index (κ3) is 10.2. The molecule has 0 saturated carbocycles. The average Bonchev–Trinajstić information content (AvgIpc) is 3.00. The molecule has 2 fully saturated rings. The molecule has 0 aromatic heterocycles. The van der Waals surface area contributed by atoms with E-state index >= 15 is 0 Å². The number of rotatable bonds is 6. The van der Waals surface area contributed by atoms with Crippen molar-refractivity contribution in [1.82, 2.24) is 9.80 Å². The summed E-state index contributed by atoms with van der Waals surface area (Å²) in [6, 6.07) is 8.07. The highest BCUT2D eigenvalue weighted by molar-refractivity contribution is 7.85. The average molecular weight is 709 g/mol. The van der Waals surface area contributed by atoms with Gasteiger partial charge in [0.1, 0.15) is 0 Å². The van der Waals surface area contributed by atoms with E-state index in [1.54, 1.807) is 14.2 Å². The predicted molar refractivity (Wildman–Crippen MR) is 192 cm³/mol. The fourth-order valence-corrected chi connectivity index (χ4v) is 8.22. The summed E-state index contributed by atoms with van der Waals surface area (Å²) in [5.41, 5.74) is 4.80. The summed E-state index contributed by atoms with van der Waals surface area (Å²) in [6.45, 7) is 12.8. The number of hydrogen-bond donors (Lipinski definition) is 5. The summed E-state index contributed by atoms with van der Waals surface area (Å²) in [4.78, 5) is 5.00. The number of fused-ring (bicyclic) bond motifs is 6. The Morgan fingerprint density at radius 1 is 0.755 bits per heavy atom. The number of aliphatic hydroxyl groups is 2. The number of aromatic hydroxyl groups is 2. The highest BCUT2D eigenvalue weighted by atomic mass is 32.2. The maximum Gasteiger partial charge on any atom is 0.261 e. The lowest BCUT2D eigenvalue weighted by molar-refractivity contribution is -0.0192. The van der Waals surface area contributed by atoms with Gasteiger partial charge in [-0.1, -0.05) is 27.7 Å². The number of hydrogen-bond acceptors (Lipinski definition) is 10. The van der Waals surface area contributed by atoms with E-state index in [4.69, 9.17) is 14.0 Å². The van der Waals surface area contributed by atoms with Crippen molar-refractivity contribution in [3.8, 4) is 23.0 Å². The van der Waals surface area contributed by atoms with Gasteiger partial charge in [0.05, 0.1) is 32.7 Å². The normalized spacial score (nSPS) is 26.6. The van der Waals surface area contributed by atoms with Crippen LogP contribution in [0.2, 0.25) is 0 Å². The van der Waals surface area contributed by atoms with Crippen molar-refractivity contribution < 1.29 is 44.3 Å². The smallest absolute Gasteiger partial charge is 0.261 e. The van der Waals surface area contributed by atoms with Gasteiger partial charge in [0.15, 0.2) is 23.0 Å². The molecule has 4 aliphatic heterocycles. The molecular formula is C37H60N2O9S. The summed E-state index contributed by atoms with van der Waals surface area (Å²) in [7, 11) is -0.507. The van der Waals surface area contributed by atoms with E-state index in [-0.39, 0.29) is 37.2 Å². The van der Waals surface area contributed by atoms with E-state index in [1.165, 1.54) is 22.3 Å². The van der Waals surface area contributed by atoms with Gasteiger partial charge in [-0.15, -0.1) is 0 Å². The first-order chi connectivity index (χ1) is 23.0. The first-order valence-corrected chi connectivity index (χ1v) is 19.4. The summed E-state index contributed by atoms with van der Waals surface area (Å²) in [5.74, 6) is 3.45. The summed E-state index contributed by atoms with van der Waals surface area (Å²) in [5, 5.41) is 41.0. The molecule has 49 heavy (non-hydrogen) atoms. The quantitative estimate of drug-likeness (QED) is 0.251. The van der Waals surface area contributed by atoms with Crippen LogP contribution >= 0.6 is 0 Å². The minimum atomic E-state index is -3.67. The molecule has 11 nitrogen and oxygen atoms in total. The van der Waals surface area contributed by atoms with E-state index in [0.29, 0.717) is 41.4 Å². The van der Waals surface area contributed by atoms with Crippen LogP contribution in [-0.2, 0) is 23.0 Å². The van der Waals surface area contributed by atoms with Gasteiger partial charge in [0, 0.05) is 39.7 Å². The van der Waals surface area contributed by atoms with Crippen LogP contribution in [-0.4, -0.2) is 102 Å². The van der Waals surface area contributed by atoms with Crippen molar-refractivity contribution in [2.24, 2.45) is 23.7 Å². The molecule has 5 N–H and O–H groups in total. The molecule has 12 heteroatoms. The fourth-order valence-electron chi connectivity index (χ4n) is 8.22. The van der Waals surface area contributed by atoms with Crippen molar-refractivity contribution in [3.63, 3.8) is 0 Å². The standard InChI is InChI=1S/2C18H27NO3.CH4O3S.H2/c2*1-11(2)6-13-10-19-5-4-12-7-17(21)18(22-3)8-14(12)15(19)9-16(13)20;1-5(2,3)4;/h2*7-8,11,13,15-16,20-21H,4-6,9-10H2,1-3H3;1H3,(H,2,3,4);1H/t13?,15-,16+;13-,15+,16-;;/m10../s1. The van der Waals surface area contributed by atoms with Gasteiger partial charge >= 0.3 is 0 Å². The summed E-state index contributed by atoms with van der Waals surface area (Å²) >= 11 is 0. The van der Waals surface area contributed by atoms with Crippen LogP contribution in [0.1, 0.15) is 89.1 Å². The topological polar surface area (TPSA) is 160 Å². The second-order valence-corrected chi connectivity index (χ2v) is 16.6. The third-order valence-corrected chi connectivity index (χ3v) is 10.3. The lowest BCUT2D eigenvalue weighted by atomic mass is 9.79. The molecule has 0 radical (unpaired) electrons. The minimum absolute atomic E-state index is 0. The second-order valence-electron chi connectivity index (χ2n) is 15.1. The van der Waals surface area contributed by atoms with E-state index in [9.17, 15) is 28.8 Å². The molecule has 278 valence electrons. The molecule has 6 rings (SSSR count). The van der Waals surface area contributed by atoms with Crippen LogP contribution in [0.25, 0.3) is 0 Å². The van der Waals surface area contributed by atoms with Gasteiger partial charge in [-0.2, -0.15) is 8.42 Å². The molecule has 2 aromatic carbocycles. The number of nitrogens with zero attached hydrogens (tertiary/aromatic N) is 2. The number of piperidine rings is 2. The summed E-state index contributed by atoms with van der Waals surface area (Å²) in [6.07, 6.45) is 5.85. The third-order valence-electron chi connectivity index (χ3n) is 10.3. The monoisotopic (exact) mass is 708 g/mol. The molecule has 4 aliphatic rings. The number of aliphatic hydroxyl groups excluding tert-OH is 2. The highest BCUT2D eigenvalue weighted by Gasteiger charge is 2.40. The van der Waals surface area contributed by atoms with Crippen molar-refractivity contribution >= 4 is 10.1 Å². The Labute approximate surface area is 294 Å². The number of phenols is 2. The minimum Gasteiger partial charge on any atom is -0.504 e. The van der Waals surface area contributed by atoms with Crippen LogP contribution in [0.15, 0.2) is 24.3 Å². The molecule has 6 atom stereocenters. The number of benzene rings is 2. The van der Waals surface area contributed by atoms with Crippen molar-refractivity contribution in [3.05, 3.63) is 46.5 Å². The molecule has 2 saturated heterocycles. The van der Waals surface area contributed by atoms with Crippen LogP contribution in [0.5, 0.6) is 23.0 Å². The Hall–Kier alpha value is -2.61. The zero-order valence-corrected chi connectivity index (χ0v) is 31.0. The lowest BCUT2D eigenvalue weighted by Gasteiger charge is -2.46. The number of ether oxygens (including phenoxy) is 2. The van der Waals surface area contributed by atoms with Gasteiger partial charge in [0.25, 0.3) is 10.1 Å². The van der Waals surface area contributed by atoms with Crippen LogP contribution in [0.4, 0.5) is 0 Å². The maximum absolute atomic E-state index is 10.6. The first-order valence-electron chi connectivity index (χ1n) is 17.5. The van der Waals surface area contributed by atoms with Crippen LogP contribution in [0, 0.1) is 23.7 Å². The van der Waals surface area contributed by atoms with E-state index in [2.05, 4.69) is 37.5 Å². The van der Waals surface area contributed by atoms with Crippen LogP contribution in [0.3, 0.4) is 0 Å². The van der Waals surface area contributed by atoms with E-state index in [0.717, 1.165) is 64.7 Å². The van der Waals surface area contributed by atoms with Gasteiger partial charge < -0.3 is 29.9 Å². The lowest BCUT2D eigenvalue weighted by Crippen LogP contribution is -2.48. The van der Waals surface area contributed by atoms with E-state index < -0.39 is 10.1 Å². The molecule has 1 unspecified atom stereocenters. The SMILES string of the molecule is COc1cc2c(cc1O)CCN1CC(CC(C)C)[C@@H](O)C[C@H]21.COc1cc2c(cc1O)CCN1C[C@H](CC(C)C)[C@@H](O)C[C@H]21.CS(=O)(=O)O.[HH]. The molecule has 4 heterocycles. The second kappa shape index (κ2) is 16.6. The Morgan fingerprint density at radius 2 is 1.10 bits per heavy atom.